The van der Waals surface area contributed by atoms with Crippen LogP contribution >= 0.6 is 27.6 Å². The van der Waals surface area contributed by atoms with Gasteiger partial charge in [-0.15, -0.1) is 12.4 Å². The van der Waals surface area contributed by atoms with E-state index in [-0.39, 0.29) is 36.8 Å². The van der Waals surface area contributed by atoms with E-state index in [9.17, 15) is 18.7 Å². The number of nitrogens with zero attached hydrogens (tertiary/aromatic N) is 1. The summed E-state index contributed by atoms with van der Waals surface area (Å²) in [5.41, 5.74) is 6.35. The molecule has 17 heteroatoms. The maximum Gasteiger partial charge on any atom is 0.408 e. The second-order valence-electron chi connectivity index (χ2n) is 15.9. The zero-order valence-electron chi connectivity index (χ0n) is 35.5. The van der Waals surface area contributed by atoms with E-state index in [1.165, 1.54) is 0 Å². The zero-order valence-corrected chi connectivity index (χ0v) is 38.1. The van der Waals surface area contributed by atoms with Gasteiger partial charge in [-0.25, -0.2) is 9.59 Å². The van der Waals surface area contributed by atoms with Crippen LogP contribution in [0.2, 0.25) is 0 Å². The third kappa shape index (κ3) is 19.6. The standard InChI is InChI=1S/C20H33N2O5P.C19H33N2O5P.ClH/c1-14(2)26-28(24,27-15(3)4)18(21-8)17(16-12-10-9-11-13-16)22-19(23)25-20(5,6)7;1-13(2)25-27(23,26-14(3)4)17(20)16(15-11-9-8-10-12-15)21-18(22)24-19(5,6)7;/h9-15,17-18H,8H2,1-7H3,(H,22,23);8-14,16-17H,20H2,1-7H3,(H,21,22);1H. The molecule has 2 aromatic carbocycles. The van der Waals surface area contributed by atoms with Gasteiger partial charge in [-0.1, -0.05) is 60.7 Å². The molecule has 0 saturated heterocycles. The van der Waals surface area contributed by atoms with E-state index in [0.29, 0.717) is 11.1 Å². The van der Waals surface area contributed by atoms with Crippen molar-refractivity contribution in [3.8, 4) is 0 Å². The maximum atomic E-state index is 13.7. The summed E-state index contributed by atoms with van der Waals surface area (Å²) in [6, 6.07) is 16.5. The summed E-state index contributed by atoms with van der Waals surface area (Å²) >= 11 is 0. The van der Waals surface area contributed by atoms with Crippen molar-refractivity contribution in [2.24, 2.45) is 10.7 Å². The van der Waals surface area contributed by atoms with Crippen molar-refractivity contribution in [3.05, 3.63) is 71.8 Å². The van der Waals surface area contributed by atoms with Gasteiger partial charge in [0.25, 0.3) is 0 Å². The number of aliphatic imine (C=N–C) groups is 1. The molecule has 0 aliphatic rings. The summed E-state index contributed by atoms with van der Waals surface area (Å²) in [5, 5.41) is 5.49. The predicted molar refractivity (Wildman–Crippen MR) is 226 cm³/mol. The van der Waals surface area contributed by atoms with Crippen LogP contribution in [-0.4, -0.2) is 66.1 Å². The Labute approximate surface area is 341 Å². The molecule has 0 fully saturated rings. The molecule has 0 aliphatic carbocycles. The predicted octanol–water partition coefficient (Wildman–Crippen LogP) is 10.3. The first-order valence-electron chi connectivity index (χ1n) is 18.4. The van der Waals surface area contributed by atoms with Gasteiger partial charge in [-0.05, 0) is 115 Å². The molecule has 320 valence electrons. The number of amides is 2. The smallest absolute Gasteiger partial charge is 0.408 e. The Hall–Kier alpha value is -2.80. The van der Waals surface area contributed by atoms with Crippen LogP contribution in [0.15, 0.2) is 65.7 Å². The van der Waals surface area contributed by atoms with E-state index < -0.39 is 62.2 Å². The van der Waals surface area contributed by atoms with Crippen LogP contribution in [0.3, 0.4) is 0 Å². The molecule has 56 heavy (non-hydrogen) atoms. The molecule has 0 saturated carbocycles. The number of ether oxygens (including phenoxy) is 2. The summed E-state index contributed by atoms with van der Waals surface area (Å²) in [6.45, 7) is 28.2. The SMILES string of the molecule is C=NC(C(NC(=O)OC(C)(C)C)c1ccccc1)P(=O)(OC(C)C)OC(C)C.CC(C)OP(=O)(OC(C)C)C(N)C(NC(=O)OC(C)(C)C)c1ccccc1.Cl. The molecule has 0 heterocycles. The molecule has 4 atom stereocenters. The molecule has 14 nitrogen and oxygen atoms in total. The van der Waals surface area contributed by atoms with Gasteiger partial charge in [-0.3, -0.25) is 14.1 Å². The molecule has 0 aromatic heterocycles. The molecule has 4 unspecified atom stereocenters. The number of hydrogen-bond donors (Lipinski definition) is 3. The van der Waals surface area contributed by atoms with Gasteiger partial charge in [0, 0.05) is 0 Å². The fourth-order valence-electron chi connectivity index (χ4n) is 4.95. The Morgan fingerprint density at radius 2 is 0.911 bits per heavy atom. The number of hydrogen-bond acceptors (Lipinski definition) is 12. The lowest BCUT2D eigenvalue weighted by Crippen LogP contribution is -2.44. The van der Waals surface area contributed by atoms with Crippen LogP contribution in [-0.2, 0) is 36.7 Å². The monoisotopic (exact) mass is 848 g/mol. The Morgan fingerprint density at radius 3 is 1.21 bits per heavy atom. The molecule has 0 spiro atoms. The van der Waals surface area contributed by atoms with Gasteiger partial charge in [0.1, 0.15) is 17.0 Å². The van der Waals surface area contributed by atoms with Gasteiger partial charge in [0.2, 0.25) is 0 Å². The number of rotatable bonds is 17. The van der Waals surface area contributed by atoms with Crippen molar-refractivity contribution in [3.63, 3.8) is 0 Å². The molecular formula is C39H67ClN4O10P2. The van der Waals surface area contributed by atoms with E-state index in [0.717, 1.165) is 0 Å². The number of carbonyl (C=O) groups excluding carboxylic acids is 2. The van der Waals surface area contributed by atoms with E-state index in [2.05, 4.69) is 22.3 Å². The van der Waals surface area contributed by atoms with E-state index in [1.807, 2.05) is 36.4 Å². The highest BCUT2D eigenvalue weighted by atomic mass is 35.5. The number of alkyl carbamates (subject to hydrolysis) is 2. The molecule has 2 amide bonds. The molecule has 0 bridgehead atoms. The summed E-state index contributed by atoms with van der Waals surface area (Å²) in [6.07, 6.45) is -2.78. The van der Waals surface area contributed by atoms with Gasteiger partial charge in [0.05, 0.1) is 36.5 Å². The van der Waals surface area contributed by atoms with Crippen molar-refractivity contribution < 1.29 is 46.3 Å². The second-order valence-corrected chi connectivity index (χ2v) is 20.0. The van der Waals surface area contributed by atoms with Crippen LogP contribution in [0.25, 0.3) is 0 Å². The van der Waals surface area contributed by atoms with Crippen molar-refractivity contribution >= 4 is 46.5 Å². The fraction of sp³-hybridized carbons (Fsp3) is 0.615. The van der Waals surface area contributed by atoms with E-state index in [1.54, 1.807) is 121 Å². The first-order chi connectivity index (χ1) is 25.2. The van der Waals surface area contributed by atoms with Crippen molar-refractivity contribution in [2.75, 3.05) is 0 Å². The number of nitrogens with two attached hydrogens (primary N) is 1. The Kier molecular flexibility index (Phi) is 22.4. The molecule has 0 aliphatic heterocycles. The van der Waals surface area contributed by atoms with Crippen LogP contribution in [0.5, 0.6) is 0 Å². The molecule has 0 radical (unpaired) electrons. The highest BCUT2D eigenvalue weighted by Crippen LogP contribution is 2.59. The molecule has 2 rings (SSSR count). The van der Waals surface area contributed by atoms with Gasteiger partial charge < -0.3 is 43.9 Å². The number of nitrogens with one attached hydrogen (secondary N) is 2. The van der Waals surface area contributed by atoms with Crippen LogP contribution in [0, 0.1) is 0 Å². The van der Waals surface area contributed by atoms with Gasteiger partial charge in [-0.2, -0.15) is 0 Å². The largest absolute Gasteiger partial charge is 0.444 e. The molecule has 4 N–H and O–H groups in total. The highest BCUT2D eigenvalue weighted by molar-refractivity contribution is 7.55. The molecule has 2 aromatic rings. The van der Waals surface area contributed by atoms with Crippen LogP contribution in [0.4, 0.5) is 9.59 Å². The average Bonchev–Trinajstić information content (AvgIpc) is 3.01. The third-order valence-electron chi connectivity index (χ3n) is 6.61. The zero-order chi connectivity index (χ0) is 42.4. The Bertz CT molecular complexity index is 1540. The highest BCUT2D eigenvalue weighted by Gasteiger charge is 2.45. The van der Waals surface area contributed by atoms with Crippen molar-refractivity contribution in [2.45, 2.75) is 156 Å². The Balaban J connectivity index is 0.00000106. The van der Waals surface area contributed by atoms with E-state index >= 15 is 0 Å². The van der Waals surface area contributed by atoms with E-state index in [4.69, 9.17) is 33.3 Å². The second kappa shape index (κ2) is 23.6. The maximum absolute atomic E-state index is 13.7. The number of halogens is 1. The summed E-state index contributed by atoms with van der Waals surface area (Å²) in [4.78, 5) is 28.9. The lowest BCUT2D eigenvalue weighted by Gasteiger charge is -2.33. The lowest BCUT2D eigenvalue weighted by atomic mass is 10.1. The number of benzene rings is 2. The first-order valence-corrected chi connectivity index (χ1v) is 21.7. The summed E-state index contributed by atoms with van der Waals surface area (Å²) < 4.78 is 60.5. The van der Waals surface area contributed by atoms with Crippen LogP contribution < -0.4 is 16.4 Å². The Morgan fingerprint density at radius 1 is 0.607 bits per heavy atom. The van der Waals surface area contributed by atoms with Crippen molar-refractivity contribution in [1.82, 2.24) is 10.6 Å². The van der Waals surface area contributed by atoms with Crippen molar-refractivity contribution in [1.29, 1.82) is 0 Å². The quantitative estimate of drug-likeness (QED) is 0.102. The topological polar surface area (TPSA) is 186 Å². The first kappa shape index (κ1) is 53.2. The summed E-state index contributed by atoms with van der Waals surface area (Å²) in [7, 11) is -7.51. The van der Waals surface area contributed by atoms with Crippen LogP contribution in [0.1, 0.15) is 120 Å². The summed E-state index contributed by atoms with van der Waals surface area (Å²) in [5.74, 6) is -2.16. The fourth-order valence-corrected chi connectivity index (χ4v) is 9.35. The minimum atomic E-state index is -3.77. The van der Waals surface area contributed by atoms with Gasteiger partial charge >= 0.3 is 27.4 Å². The molecular weight excluding hydrogens is 782 g/mol. The number of carbonyl (C=O) groups is 2. The normalized spacial score (nSPS) is 14.5. The van der Waals surface area contributed by atoms with Gasteiger partial charge in [0.15, 0.2) is 5.78 Å². The minimum absolute atomic E-state index is 0. The average molecular weight is 849 g/mol. The third-order valence-corrected chi connectivity index (χ3v) is 11.6. The minimum Gasteiger partial charge on any atom is -0.444 e. The lowest BCUT2D eigenvalue weighted by molar-refractivity contribution is 0.0484.